The molecule has 132 valence electrons. The Bertz CT molecular complexity index is 554. The van der Waals surface area contributed by atoms with Crippen LogP contribution in [0.25, 0.3) is 0 Å². The highest BCUT2D eigenvalue weighted by atomic mass is 16.4. The molecule has 0 aromatic carbocycles. The number of aromatic nitrogens is 2. The summed E-state index contributed by atoms with van der Waals surface area (Å²) in [5.74, 6) is -0.918. The predicted molar refractivity (Wildman–Crippen MR) is 89.8 cm³/mol. The smallest absolute Gasteiger partial charge is 0.338 e. The van der Waals surface area contributed by atoms with Gasteiger partial charge in [-0.05, 0) is 25.7 Å². The van der Waals surface area contributed by atoms with E-state index in [0.717, 1.165) is 25.7 Å². The lowest BCUT2D eigenvalue weighted by molar-refractivity contribution is -0.138. The van der Waals surface area contributed by atoms with Crippen LogP contribution in [0.15, 0.2) is 12.4 Å². The molecule has 1 heterocycles. The van der Waals surface area contributed by atoms with Gasteiger partial charge in [-0.25, -0.2) is 4.79 Å². The Hall–Kier alpha value is -1.85. The first kappa shape index (κ1) is 17.0. The lowest BCUT2D eigenvalue weighted by atomic mass is 9.88. The van der Waals surface area contributed by atoms with Crippen LogP contribution in [-0.4, -0.2) is 43.7 Å². The molecule has 6 nitrogen and oxygen atoms in total. The maximum Gasteiger partial charge on any atom is 0.338 e. The van der Waals surface area contributed by atoms with E-state index in [2.05, 4.69) is 10.00 Å². The molecule has 0 aliphatic heterocycles. The van der Waals surface area contributed by atoms with Crippen LogP contribution in [0.1, 0.15) is 74.6 Å². The fourth-order valence-electron chi connectivity index (χ4n) is 4.20. The van der Waals surface area contributed by atoms with Gasteiger partial charge in [0.05, 0.1) is 11.8 Å². The first-order valence-corrected chi connectivity index (χ1v) is 9.22. The van der Waals surface area contributed by atoms with E-state index >= 15 is 0 Å². The largest absolute Gasteiger partial charge is 0.478 e. The van der Waals surface area contributed by atoms with Crippen molar-refractivity contribution in [3.63, 3.8) is 0 Å². The molecule has 1 N–H and O–H groups in total. The molecular weight excluding hydrogens is 306 g/mol. The molecule has 1 amide bonds. The quantitative estimate of drug-likeness (QED) is 0.898. The molecule has 0 saturated heterocycles. The van der Waals surface area contributed by atoms with Crippen LogP contribution < -0.4 is 0 Å². The maximum absolute atomic E-state index is 13.0. The summed E-state index contributed by atoms with van der Waals surface area (Å²) in [7, 11) is 0. The van der Waals surface area contributed by atoms with Crippen LogP contribution in [0.4, 0.5) is 0 Å². The van der Waals surface area contributed by atoms with E-state index in [1.54, 1.807) is 0 Å². The second-order valence-electron chi connectivity index (χ2n) is 7.12. The molecule has 3 rings (SSSR count). The van der Waals surface area contributed by atoms with E-state index in [1.165, 1.54) is 55.6 Å². The average Bonchev–Trinajstić information content (AvgIpc) is 3.06. The molecule has 0 unspecified atom stereocenters. The highest BCUT2D eigenvalue weighted by Crippen LogP contribution is 2.30. The Morgan fingerprint density at radius 2 is 1.58 bits per heavy atom. The summed E-state index contributed by atoms with van der Waals surface area (Å²) in [6.07, 6.45) is 14.5. The zero-order valence-electron chi connectivity index (χ0n) is 14.2. The van der Waals surface area contributed by atoms with Crippen molar-refractivity contribution in [1.82, 2.24) is 14.7 Å². The van der Waals surface area contributed by atoms with Crippen molar-refractivity contribution < 1.29 is 14.7 Å². The van der Waals surface area contributed by atoms with E-state index in [0.29, 0.717) is 12.1 Å². The average molecular weight is 333 g/mol. The number of nitrogens with zero attached hydrogens (tertiary/aromatic N) is 3. The Kier molecular flexibility index (Phi) is 5.53. The number of amides is 1. The minimum absolute atomic E-state index is 0.0915. The van der Waals surface area contributed by atoms with Gasteiger partial charge in [-0.2, -0.15) is 5.10 Å². The van der Waals surface area contributed by atoms with Gasteiger partial charge in [0, 0.05) is 18.3 Å². The minimum Gasteiger partial charge on any atom is -0.478 e. The summed E-state index contributed by atoms with van der Waals surface area (Å²) in [6.45, 7) is 0.139. The van der Waals surface area contributed by atoms with Gasteiger partial charge < -0.3 is 10.0 Å². The highest BCUT2D eigenvalue weighted by Gasteiger charge is 2.32. The summed E-state index contributed by atoms with van der Waals surface area (Å²) < 4.78 is 1.46. The van der Waals surface area contributed by atoms with Crippen molar-refractivity contribution in [3.8, 4) is 0 Å². The third kappa shape index (κ3) is 3.97. The molecule has 2 saturated carbocycles. The molecule has 6 heteroatoms. The van der Waals surface area contributed by atoms with E-state index in [-0.39, 0.29) is 18.0 Å². The molecule has 0 atom stereocenters. The molecule has 0 radical (unpaired) electrons. The number of aromatic carboxylic acids is 1. The third-order valence-electron chi connectivity index (χ3n) is 5.40. The Balaban J connectivity index is 1.72. The van der Waals surface area contributed by atoms with E-state index < -0.39 is 5.97 Å². The van der Waals surface area contributed by atoms with Gasteiger partial charge in [-0.1, -0.05) is 38.5 Å². The third-order valence-corrected chi connectivity index (χ3v) is 5.40. The fourth-order valence-corrected chi connectivity index (χ4v) is 4.20. The maximum atomic E-state index is 13.0. The van der Waals surface area contributed by atoms with Gasteiger partial charge in [0.15, 0.2) is 0 Å². The number of carbonyl (C=O) groups excluding carboxylic acids is 1. The van der Waals surface area contributed by atoms with Gasteiger partial charge in [-0.3, -0.25) is 9.48 Å². The first-order chi connectivity index (χ1) is 11.6. The van der Waals surface area contributed by atoms with Gasteiger partial charge in [0.2, 0.25) is 5.91 Å². The fraction of sp³-hybridized carbons (Fsp3) is 0.722. The van der Waals surface area contributed by atoms with Crippen molar-refractivity contribution >= 4 is 11.9 Å². The topological polar surface area (TPSA) is 75.4 Å². The lowest BCUT2D eigenvalue weighted by Crippen LogP contribution is -2.50. The van der Waals surface area contributed by atoms with Gasteiger partial charge in [0.25, 0.3) is 0 Å². The van der Waals surface area contributed by atoms with E-state index in [1.807, 2.05) is 0 Å². The summed E-state index contributed by atoms with van der Waals surface area (Å²) in [5.41, 5.74) is 0.129. The van der Waals surface area contributed by atoms with Crippen molar-refractivity contribution in [2.24, 2.45) is 0 Å². The molecule has 1 aromatic heterocycles. The number of carbonyl (C=O) groups is 2. The lowest BCUT2D eigenvalue weighted by Gasteiger charge is -2.41. The molecule has 2 aliphatic rings. The Morgan fingerprint density at radius 3 is 2.04 bits per heavy atom. The molecule has 0 bridgehead atoms. The predicted octanol–water partition coefficient (Wildman–Crippen LogP) is 3.08. The van der Waals surface area contributed by atoms with Crippen molar-refractivity contribution in [1.29, 1.82) is 0 Å². The minimum atomic E-state index is -1.01. The Morgan fingerprint density at radius 1 is 1.04 bits per heavy atom. The van der Waals surface area contributed by atoms with Gasteiger partial charge >= 0.3 is 5.97 Å². The van der Waals surface area contributed by atoms with Gasteiger partial charge in [-0.15, -0.1) is 0 Å². The van der Waals surface area contributed by atoms with Crippen LogP contribution >= 0.6 is 0 Å². The standard InChI is InChI=1S/C18H27N3O3/c22-17(13-20-12-14(11-19-20)18(23)24)21(15-7-3-1-4-8-15)16-9-5-2-6-10-16/h11-12,15-16H,1-10,13H2,(H,23,24). The first-order valence-electron chi connectivity index (χ1n) is 9.22. The van der Waals surface area contributed by atoms with Crippen LogP contribution in [0.2, 0.25) is 0 Å². The zero-order chi connectivity index (χ0) is 16.9. The van der Waals surface area contributed by atoms with Gasteiger partial charge in [0.1, 0.15) is 6.54 Å². The van der Waals surface area contributed by atoms with Crippen LogP contribution in [-0.2, 0) is 11.3 Å². The molecule has 24 heavy (non-hydrogen) atoms. The van der Waals surface area contributed by atoms with Crippen molar-refractivity contribution in [3.05, 3.63) is 18.0 Å². The molecular formula is C18H27N3O3. The number of carboxylic acids is 1. The summed E-state index contributed by atoms with van der Waals surface area (Å²) in [4.78, 5) is 26.1. The summed E-state index contributed by atoms with van der Waals surface area (Å²) in [5, 5.41) is 13.0. The normalized spacial score (nSPS) is 20.0. The van der Waals surface area contributed by atoms with Crippen LogP contribution in [0.5, 0.6) is 0 Å². The summed E-state index contributed by atoms with van der Waals surface area (Å²) >= 11 is 0. The Labute approximate surface area is 142 Å². The highest BCUT2D eigenvalue weighted by molar-refractivity contribution is 5.87. The van der Waals surface area contributed by atoms with Crippen LogP contribution in [0, 0.1) is 0 Å². The van der Waals surface area contributed by atoms with E-state index in [9.17, 15) is 9.59 Å². The molecule has 2 fully saturated rings. The second kappa shape index (κ2) is 7.81. The van der Waals surface area contributed by atoms with Crippen LogP contribution in [0.3, 0.4) is 0 Å². The summed E-state index contributed by atoms with van der Waals surface area (Å²) in [6, 6.07) is 0.702. The number of rotatable bonds is 5. The number of hydrogen-bond acceptors (Lipinski definition) is 3. The SMILES string of the molecule is O=C(O)c1cnn(CC(=O)N(C2CCCCC2)C2CCCCC2)c1. The monoisotopic (exact) mass is 333 g/mol. The zero-order valence-corrected chi connectivity index (χ0v) is 14.2. The molecule has 1 aromatic rings. The molecule has 2 aliphatic carbocycles. The number of carboxylic acid groups (broad SMARTS) is 1. The van der Waals surface area contributed by atoms with E-state index in [4.69, 9.17) is 5.11 Å². The second-order valence-corrected chi connectivity index (χ2v) is 7.12. The van der Waals surface area contributed by atoms with Crippen molar-refractivity contribution in [2.45, 2.75) is 82.8 Å². The molecule has 0 spiro atoms. The van der Waals surface area contributed by atoms with Crippen molar-refractivity contribution in [2.75, 3.05) is 0 Å². The number of hydrogen-bond donors (Lipinski definition) is 1.